The Morgan fingerprint density at radius 2 is 1.89 bits per heavy atom. The lowest BCUT2D eigenvalue weighted by Crippen LogP contribution is -2.53. The highest BCUT2D eigenvalue weighted by atomic mass is 16.2. The fraction of sp³-hybridized carbons (Fsp3) is 0.619. The van der Waals surface area contributed by atoms with Crippen molar-refractivity contribution in [1.82, 2.24) is 15.1 Å². The van der Waals surface area contributed by atoms with Crippen LogP contribution in [0.25, 0.3) is 0 Å². The highest BCUT2D eigenvalue weighted by Crippen LogP contribution is 2.27. The van der Waals surface area contributed by atoms with Crippen LogP contribution in [0, 0.1) is 5.92 Å². The van der Waals surface area contributed by atoms with Gasteiger partial charge in [0.1, 0.15) is 0 Å². The average molecular weight is 370 g/mol. The van der Waals surface area contributed by atoms with E-state index in [-0.39, 0.29) is 11.8 Å². The first kappa shape index (κ1) is 18.4. The highest BCUT2D eigenvalue weighted by Gasteiger charge is 2.31. The third-order valence-electron chi connectivity index (χ3n) is 6.20. The van der Waals surface area contributed by atoms with E-state index in [1.807, 2.05) is 28.0 Å². The first-order chi connectivity index (χ1) is 13.1. The number of benzene rings is 1. The predicted octanol–water partition coefficient (Wildman–Crippen LogP) is 1.11. The Kier molecular flexibility index (Phi) is 5.45. The molecule has 2 fully saturated rings. The Labute approximate surface area is 161 Å². The van der Waals surface area contributed by atoms with Crippen molar-refractivity contribution in [2.75, 3.05) is 50.7 Å². The summed E-state index contributed by atoms with van der Waals surface area (Å²) in [5.74, 6) is 0.644. The Hall–Kier alpha value is -1.92. The van der Waals surface area contributed by atoms with Crippen molar-refractivity contribution < 1.29 is 9.59 Å². The molecule has 1 aromatic rings. The van der Waals surface area contributed by atoms with Gasteiger partial charge in [0.05, 0.1) is 6.54 Å². The number of para-hydroxylation sites is 1. The number of piperidine rings is 1. The Balaban J connectivity index is 1.27. The van der Waals surface area contributed by atoms with Crippen molar-refractivity contribution in [3.05, 3.63) is 29.8 Å². The van der Waals surface area contributed by atoms with Gasteiger partial charge in [-0.25, -0.2) is 0 Å². The number of carbonyl (C=O) groups excluding carboxylic acids is 2. The van der Waals surface area contributed by atoms with E-state index in [1.165, 1.54) is 5.56 Å². The normalized spacial score (nSPS) is 26.1. The molecule has 0 bridgehead atoms. The summed E-state index contributed by atoms with van der Waals surface area (Å²) >= 11 is 0. The number of hydrogen-bond donors (Lipinski definition) is 1. The second-order valence-corrected chi connectivity index (χ2v) is 8.10. The molecule has 4 rings (SSSR count). The molecule has 27 heavy (non-hydrogen) atoms. The van der Waals surface area contributed by atoms with Gasteiger partial charge in [-0.3, -0.25) is 14.5 Å². The second-order valence-electron chi connectivity index (χ2n) is 8.10. The largest absolute Gasteiger partial charge is 0.340 e. The molecule has 1 aromatic carbocycles. The van der Waals surface area contributed by atoms with Gasteiger partial charge >= 0.3 is 0 Å². The Morgan fingerprint density at radius 3 is 2.67 bits per heavy atom. The fourth-order valence-corrected chi connectivity index (χ4v) is 4.61. The standard InChI is InChI=1S/C21H30N4O2/c1-16-14-18(6-8-22-16)21(27)24-12-10-23(11-13-24)15-20(26)25-9-7-17-4-2-3-5-19(17)25/h2-5,16,18,22H,6-15H2,1H3/t16-,18-/m0/s1. The molecular weight excluding hydrogens is 340 g/mol. The fourth-order valence-electron chi connectivity index (χ4n) is 4.61. The number of piperazine rings is 1. The summed E-state index contributed by atoms with van der Waals surface area (Å²) in [4.78, 5) is 31.7. The molecule has 6 heteroatoms. The molecule has 3 heterocycles. The van der Waals surface area contributed by atoms with Gasteiger partial charge in [0.15, 0.2) is 0 Å². The maximum absolute atomic E-state index is 12.8. The zero-order chi connectivity index (χ0) is 18.8. The molecule has 0 aromatic heterocycles. The summed E-state index contributed by atoms with van der Waals surface area (Å²) in [6.45, 7) is 7.36. The van der Waals surface area contributed by atoms with Crippen LogP contribution in [-0.2, 0) is 16.0 Å². The maximum atomic E-state index is 12.8. The zero-order valence-electron chi connectivity index (χ0n) is 16.2. The minimum atomic E-state index is 0.163. The molecule has 146 valence electrons. The lowest BCUT2D eigenvalue weighted by atomic mass is 9.92. The van der Waals surface area contributed by atoms with Crippen molar-refractivity contribution in [2.24, 2.45) is 5.92 Å². The van der Waals surface area contributed by atoms with E-state index in [4.69, 9.17) is 0 Å². The van der Waals surface area contributed by atoms with E-state index in [1.54, 1.807) is 0 Å². The van der Waals surface area contributed by atoms with E-state index in [0.717, 1.165) is 64.2 Å². The predicted molar refractivity (Wildman–Crippen MR) is 106 cm³/mol. The molecule has 3 aliphatic rings. The van der Waals surface area contributed by atoms with Gasteiger partial charge in [-0.1, -0.05) is 18.2 Å². The molecule has 0 saturated carbocycles. The molecule has 0 radical (unpaired) electrons. The Morgan fingerprint density at radius 1 is 1.11 bits per heavy atom. The molecule has 0 spiro atoms. The van der Waals surface area contributed by atoms with Gasteiger partial charge in [0, 0.05) is 50.4 Å². The quantitative estimate of drug-likeness (QED) is 0.866. The highest BCUT2D eigenvalue weighted by molar-refractivity contribution is 5.96. The van der Waals surface area contributed by atoms with Gasteiger partial charge in [0.2, 0.25) is 11.8 Å². The monoisotopic (exact) mass is 370 g/mol. The summed E-state index contributed by atoms with van der Waals surface area (Å²) in [6.07, 6.45) is 2.82. The SMILES string of the molecule is C[C@H]1C[C@@H](C(=O)N2CCN(CC(=O)N3CCc4ccccc43)CC2)CCN1. The summed E-state index contributed by atoms with van der Waals surface area (Å²) in [5, 5.41) is 3.41. The van der Waals surface area contributed by atoms with E-state index in [0.29, 0.717) is 18.5 Å². The number of amides is 2. The van der Waals surface area contributed by atoms with Gasteiger partial charge < -0.3 is 15.1 Å². The summed E-state index contributed by atoms with van der Waals surface area (Å²) in [7, 11) is 0. The van der Waals surface area contributed by atoms with Crippen molar-refractivity contribution in [3.63, 3.8) is 0 Å². The molecule has 3 aliphatic heterocycles. The molecular formula is C21H30N4O2. The number of nitrogens with zero attached hydrogens (tertiary/aromatic N) is 3. The van der Waals surface area contributed by atoms with E-state index < -0.39 is 0 Å². The second kappa shape index (κ2) is 7.98. The summed E-state index contributed by atoms with van der Waals surface area (Å²) in [6, 6.07) is 8.60. The summed E-state index contributed by atoms with van der Waals surface area (Å²) < 4.78 is 0. The number of anilines is 1. The number of hydrogen-bond acceptors (Lipinski definition) is 4. The van der Waals surface area contributed by atoms with Crippen LogP contribution in [0.4, 0.5) is 5.69 Å². The summed E-state index contributed by atoms with van der Waals surface area (Å²) in [5.41, 5.74) is 2.33. The number of rotatable bonds is 3. The topological polar surface area (TPSA) is 55.9 Å². The van der Waals surface area contributed by atoms with Crippen molar-refractivity contribution in [1.29, 1.82) is 0 Å². The van der Waals surface area contributed by atoms with Crippen LogP contribution < -0.4 is 10.2 Å². The van der Waals surface area contributed by atoms with Crippen LogP contribution >= 0.6 is 0 Å². The first-order valence-corrected chi connectivity index (χ1v) is 10.2. The lowest BCUT2D eigenvalue weighted by molar-refractivity contribution is -0.138. The molecule has 6 nitrogen and oxygen atoms in total. The van der Waals surface area contributed by atoms with Crippen LogP contribution in [0.2, 0.25) is 0 Å². The maximum Gasteiger partial charge on any atom is 0.241 e. The number of nitrogens with one attached hydrogen (secondary N) is 1. The van der Waals surface area contributed by atoms with Gasteiger partial charge in [-0.15, -0.1) is 0 Å². The van der Waals surface area contributed by atoms with Gasteiger partial charge in [-0.2, -0.15) is 0 Å². The molecule has 2 atom stereocenters. The number of fused-ring (bicyclic) bond motifs is 1. The van der Waals surface area contributed by atoms with E-state index >= 15 is 0 Å². The van der Waals surface area contributed by atoms with Crippen LogP contribution in [0.5, 0.6) is 0 Å². The van der Waals surface area contributed by atoms with Gasteiger partial charge in [-0.05, 0) is 44.4 Å². The average Bonchev–Trinajstić information content (AvgIpc) is 3.12. The van der Waals surface area contributed by atoms with Gasteiger partial charge in [0.25, 0.3) is 0 Å². The molecule has 0 aliphatic carbocycles. The minimum absolute atomic E-state index is 0.163. The molecule has 2 saturated heterocycles. The van der Waals surface area contributed by atoms with Crippen LogP contribution in [0.1, 0.15) is 25.3 Å². The first-order valence-electron chi connectivity index (χ1n) is 10.2. The van der Waals surface area contributed by atoms with Crippen molar-refractivity contribution in [2.45, 2.75) is 32.2 Å². The van der Waals surface area contributed by atoms with Crippen LogP contribution in [0.3, 0.4) is 0 Å². The third kappa shape index (κ3) is 4.01. The molecule has 2 amide bonds. The van der Waals surface area contributed by atoms with E-state index in [2.05, 4.69) is 23.2 Å². The minimum Gasteiger partial charge on any atom is -0.340 e. The lowest BCUT2D eigenvalue weighted by Gasteiger charge is -2.38. The smallest absolute Gasteiger partial charge is 0.241 e. The van der Waals surface area contributed by atoms with Crippen molar-refractivity contribution >= 4 is 17.5 Å². The van der Waals surface area contributed by atoms with Crippen LogP contribution in [0.15, 0.2) is 24.3 Å². The van der Waals surface area contributed by atoms with Crippen LogP contribution in [-0.4, -0.2) is 73.5 Å². The third-order valence-corrected chi connectivity index (χ3v) is 6.20. The Bertz CT molecular complexity index is 699. The van der Waals surface area contributed by atoms with E-state index in [9.17, 15) is 9.59 Å². The van der Waals surface area contributed by atoms with Crippen molar-refractivity contribution in [3.8, 4) is 0 Å². The zero-order valence-corrected chi connectivity index (χ0v) is 16.2. The molecule has 1 N–H and O–H groups in total. The number of carbonyl (C=O) groups is 2. The molecule has 0 unspecified atom stereocenters.